The lowest BCUT2D eigenvalue weighted by Crippen LogP contribution is -1.93. The van der Waals surface area contributed by atoms with Crippen LogP contribution in [0.3, 0.4) is 0 Å². The number of rotatable bonds is 3. The Morgan fingerprint density at radius 3 is 2.93 bits per heavy atom. The number of thiazole rings is 1. The van der Waals surface area contributed by atoms with Gasteiger partial charge < -0.3 is 19.9 Å². The van der Waals surface area contributed by atoms with Gasteiger partial charge in [-0.2, -0.15) is 0 Å². The molecule has 2 N–H and O–H groups in total. The maximum atomic E-state index is 10.00. The fraction of sp³-hybridized carbons (Fsp3) is 0.111. The molecule has 3 aromatic heterocycles. The van der Waals surface area contributed by atoms with Crippen LogP contribution in [0.15, 0.2) is 41.9 Å². The molecule has 0 fully saturated rings. The molecule has 0 spiro atoms. The first-order valence-electron chi connectivity index (χ1n) is 7.98. The van der Waals surface area contributed by atoms with Crippen LogP contribution in [-0.4, -0.2) is 26.3 Å². The topological polar surface area (TPSA) is 80.9 Å². The van der Waals surface area contributed by atoms with E-state index in [4.69, 9.17) is 9.47 Å². The van der Waals surface area contributed by atoms with E-state index in [0.29, 0.717) is 5.65 Å². The number of aryl methyl sites for hydroxylation is 1. The molecular formula is C18H15BrN4O3S. The van der Waals surface area contributed by atoms with Crippen molar-refractivity contribution in [3.63, 3.8) is 0 Å². The van der Waals surface area contributed by atoms with Crippen molar-refractivity contribution >= 4 is 44.8 Å². The fourth-order valence-corrected chi connectivity index (χ4v) is 3.73. The van der Waals surface area contributed by atoms with Crippen molar-refractivity contribution in [1.29, 1.82) is 0 Å². The maximum Gasteiger partial charge on any atom is 0.231 e. The van der Waals surface area contributed by atoms with E-state index in [0.717, 1.165) is 39.4 Å². The number of hydrogen-bond donors (Lipinski definition) is 2. The molecule has 1 aliphatic rings. The Labute approximate surface area is 169 Å². The third-order valence-electron chi connectivity index (χ3n) is 4.17. The number of halogens is 1. The molecule has 5 rings (SSSR count). The van der Waals surface area contributed by atoms with Gasteiger partial charge in [-0.15, -0.1) is 28.3 Å². The first-order valence-corrected chi connectivity index (χ1v) is 8.86. The molecule has 27 heavy (non-hydrogen) atoms. The normalized spacial score (nSPS) is 12.2. The minimum atomic E-state index is 0. The highest BCUT2D eigenvalue weighted by Gasteiger charge is 2.17. The summed E-state index contributed by atoms with van der Waals surface area (Å²) in [5.74, 6) is 1.62. The van der Waals surface area contributed by atoms with Crippen molar-refractivity contribution in [3.8, 4) is 28.6 Å². The molecule has 9 heteroatoms. The SMILES string of the molecule is Br.Cc1nc2c(O)cccn2c1-c1csc(Nc2ccc3c(c2)OCO3)n1. The quantitative estimate of drug-likeness (QED) is 0.481. The zero-order chi connectivity index (χ0) is 17.7. The molecule has 4 aromatic rings. The number of aromatic nitrogens is 3. The smallest absolute Gasteiger partial charge is 0.231 e. The summed E-state index contributed by atoms with van der Waals surface area (Å²) < 4.78 is 12.6. The van der Waals surface area contributed by atoms with Crippen LogP contribution in [0.2, 0.25) is 0 Å². The molecular weight excluding hydrogens is 432 g/mol. The van der Waals surface area contributed by atoms with Gasteiger partial charge in [0.25, 0.3) is 0 Å². The molecule has 1 aliphatic heterocycles. The number of pyridine rings is 1. The van der Waals surface area contributed by atoms with Gasteiger partial charge in [-0.3, -0.25) is 4.40 Å². The molecule has 7 nitrogen and oxygen atoms in total. The average Bonchev–Trinajstić information content (AvgIpc) is 3.33. The zero-order valence-corrected chi connectivity index (χ0v) is 16.7. The van der Waals surface area contributed by atoms with Crippen molar-refractivity contribution in [2.24, 2.45) is 0 Å². The number of anilines is 2. The molecule has 138 valence electrons. The van der Waals surface area contributed by atoms with Crippen LogP contribution in [0.4, 0.5) is 10.8 Å². The Morgan fingerprint density at radius 1 is 1.19 bits per heavy atom. The lowest BCUT2D eigenvalue weighted by Gasteiger charge is -2.04. The van der Waals surface area contributed by atoms with Gasteiger partial charge >= 0.3 is 0 Å². The van der Waals surface area contributed by atoms with Crippen LogP contribution in [0, 0.1) is 6.92 Å². The van der Waals surface area contributed by atoms with Crippen LogP contribution < -0.4 is 14.8 Å². The Bertz CT molecular complexity index is 1140. The van der Waals surface area contributed by atoms with Crippen LogP contribution in [0.1, 0.15) is 5.69 Å². The maximum absolute atomic E-state index is 10.00. The van der Waals surface area contributed by atoms with E-state index in [-0.39, 0.29) is 29.5 Å². The molecule has 0 radical (unpaired) electrons. The summed E-state index contributed by atoms with van der Waals surface area (Å²) >= 11 is 1.50. The second-order valence-corrected chi connectivity index (χ2v) is 6.72. The van der Waals surface area contributed by atoms with Gasteiger partial charge in [-0.25, -0.2) is 9.97 Å². The Hall–Kier alpha value is -2.78. The lowest BCUT2D eigenvalue weighted by atomic mass is 10.3. The lowest BCUT2D eigenvalue weighted by molar-refractivity contribution is 0.174. The molecule has 0 saturated heterocycles. The molecule has 0 saturated carbocycles. The van der Waals surface area contributed by atoms with Gasteiger partial charge in [-0.05, 0) is 31.2 Å². The van der Waals surface area contributed by atoms with E-state index >= 15 is 0 Å². The molecule has 0 atom stereocenters. The highest BCUT2D eigenvalue weighted by molar-refractivity contribution is 8.93. The van der Waals surface area contributed by atoms with Crippen LogP contribution in [-0.2, 0) is 0 Å². The number of ether oxygens (including phenoxy) is 2. The van der Waals surface area contributed by atoms with E-state index < -0.39 is 0 Å². The second kappa shape index (κ2) is 6.75. The standard InChI is InChI=1S/C18H14N4O3S.BrH/c1-10-16(22-6-2-3-13(23)17(22)19-10)12-8-26-18(21-12)20-11-4-5-14-15(7-11)25-9-24-14;/h2-8,23H,9H2,1H3,(H,20,21);1H. The van der Waals surface area contributed by atoms with Crippen molar-refractivity contribution in [3.05, 3.63) is 47.6 Å². The highest BCUT2D eigenvalue weighted by Crippen LogP contribution is 2.36. The van der Waals surface area contributed by atoms with E-state index in [2.05, 4.69) is 15.3 Å². The van der Waals surface area contributed by atoms with Gasteiger partial charge in [0.1, 0.15) is 5.69 Å². The Kier molecular flexibility index (Phi) is 4.40. The number of hydrogen-bond acceptors (Lipinski definition) is 7. The van der Waals surface area contributed by atoms with Crippen LogP contribution >= 0.6 is 28.3 Å². The van der Waals surface area contributed by atoms with Crippen LogP contribution in [0.5, 0.6) is 17.2 Å². The molecule has 0 bridgehead atoms. The van der Waals surface area contributed by atoms with Gasteiger partial charge in [0.05, 0.1) is 11.4 Å². The van der Waals surface area contributed by atoms with Crippen LogP contribution in [0.25, 0.3) is 17.0 Å². The van der Waals surface area contributed by atoms with Crippen molar-refractivity contribution < 1.29 is 14.6 Å². The number of nitrogens with zero attached hydrogens (tertiary/aromatic N) is 3. The largest absolute Gasteiger partial charge is 0.504 e. The Morgan fingerprint density at radius 2 is 2.04 bits per heavy atom. The summed E-state index contributed by atoms with van der Waals surface area (Å²) in [6, 6.07) is 9.09. The minimum Gasteiger partial charge on any atom is -0.504 e. The second-order valence-electron chi connectivity index (χ2n) is 5.86. The minimum absolute atomic E-state index is 0. The summed E-state index contributed by atoms with van der Waals surface area (Å²) in [4.78, 5) is 9.12. The number of nitrogens with one attached hydrogen (secondary N) is 1. The predicted molar refractivity (Wildman–Crippen MR) is 109 cm³/mol. The fourth-order valence-electron chi connectivity index (χ4n) is 3.01. The third kappa shape index (κ3) is 2.98. The summed E-state index contributed by atoms with van der Waals surface area (Å²) in [6.45, 7) is 2.16. The summed E-state index contributed by atoms with van der Waals surface area (Å²) in [5.41, 5.74) is 3.88. The predicted octanol–water partition coefficient (Wildman–Crippen LogP) is 4.52. The van der Waals surface area contributed by atoms with E-state index in [9.17, 15) is 5.11 Å². The first-order chi connectivity index (χ1) is 12.7. The van der Waals surface area contributed by atoms with Gasteiger partial charge in [0.2, 0.25) is 6.79 Å². The molecule has 1 aromatic carbocycles. The molecule has 0 unspecified atom stereocenters. The third-order valence-corrected chi connectivity index (χ3v) is 4.93. The summed E-state index contributed by atoms with van der Waals surface area (Å²) in [5, 5.41) is 16.0. The van der Waals surface area contributed by atoms with Crippen molar-refractivity contribution in [2.45, 2.75) is 6.92 Å². The van der Waals surface area contributed by atoms with E-state index in [1.807, 2.05) is 41.1 Å². The first kappa shape index (κ1) is 17.6. The van der Waals surface area contributed by atoms with E-state index in [1.165, 1.54) is 11.3 Å². The number of aromatic hydroxyl groups is 1. The van der Waals surface area contributed by atoms with E-state index in [1.54, 1.807) is 12.1 Å². The monoisotopic (exact) mass is 446 g/mol. The summed E-state index contributed by atoms with van der Waals surface area (Å²) in [7, 11) is 0. The number of fused-ring (bicyclic) bond motifs is 2. The van der Waals surface area contributed by atoms with Gasteiger partial charge in [-0.1, -0.05) is 0 Å². The summed E-state index contributed by atoms with van der Waals surface area (Å²) in [6.07, 6.45) is 1.87. The zero-order valence-electron chi connectivity index (χ0n) is 14.2. The molecule has 0 aliphatic carbocycles. The highest BCUT2D eigenvalue weighted by atomic mass is 79.9. The number of imidazole rings is 1. The van der Waals surface area contributed by atoms with Crippen molar-refractivity contribution in [2.75, 3.05) is 12.1 Å². The van der Waals surface area contributed by atoms with Gasteiger partial charge in [0, 0.05) is 23.3 Å². The average molecular weight is 447 g/mol. The van der Waals surface area contributed by atoms with Gasteiger partial charge in [0.15, 0.2) is 28.0 Å². The number of benzene rings is 1. The Balaban J connectivity index is 0.00000180. The molecule has 4 heterocycles. The van der Waals surface area contributed by atoms with Crippen molar-refractivity contribution in [1.82, 2.24) is 14.4 Å². The molecule has 0 amide bonds.